The lowest BCUT2D eigenvalue weighted by Gasteiger charge is -2.25. The monoisotopic (exact) mass is 349 g/mol. The number of nitrogens with zero attached hydrogens (tertiary/aromatic N) is 3. The molecule has 3 rings (SSSR count). The van der Waals surface area contributed by atoms with Gasteiger partial charge in [-0.1, -0.05) is 0 Å². The molecule has 2 aromatic rings. The topological polar surface area (TPSA) is 58.4 Å². The van der Waals surface area contributed by atoms with Crippen LogP contribution in [-0.2, 0) is 18.3 Å². The standard InChI is InChI=1S/C18H21F2N3O2/c1-10-14(11(2)22(3)21-10)8-18(25)23-9-13(24)7-17(23)15-6-12(19)4-5-16(15)20/h4-6,13,17,24H,7-9H2,1-3H3/t13-,17+/m1/s1. The van der Waals surface area contributed by atoms with Gasteiger partial charge in [-0.3, -0.25) is 9.48 Å². The maximum Gasteiger partial charge on any atom is 0.227 e. The van der Waals surface area contributed by atoms with Gasteiger partial charge < -0.3 is 10.0 Å². The Morgan fingerprint density at radius 2 is 2.08 bits per heavy atom. The summed E-state index contributed by atoms with van der Waals surface area (Å²) in [7, 11) is 1.81. The van der Waals surface area contributed by atoms with E-state index in [2.05, 4.69) is 5.10 Å². The summed E-state index contributed by atoms with van der Waals surface area (Å²) in [6, 6.07) is 2.51. The molecule has 0 unspecified atom stereocenters. The zero-order valence-corrected chi connectivity index (χ0v) is 14.5. The highest BCUT2D eigenvalue weighted by Gasteiger charge is 2.37. The predicted molar refractivity (Wildman–Crippen MR) is 87.8 cm³/mol. The zero-order chi connectivity index (χ0) is 18.3. The van der Waals surface area contributed by atoms with E-state index in [-0.39, 0.29) is 30.9 Å². The third-order valence-corrected chi connectivity index (χ3v) is 4.90. The number of hydrogen-bond donors (Lipinski definition) is 1. The van der Waals surface area contributed by atoms with Crippen molar-refractivity contribution in [2.75, 3.05) is 6.54 Å². The molecule has 5 nitrogen and oxygen atoms in total. The fourth-order valence-electron chi connectivity index (χ4n) is 3.48. The number of aryl methyl sites for hydroxylation is 2. The molecule has 1 aliphatic rings. The number of aliphatic hydroxyl groups is 1. The summed E-state index contributed by atoms with van der Waals surface area (Å²) in [6.07, 6.45) is -0.448. The fraction of sp³-hybridized carbons (Fsp3) is 0.444. The van der Waals surface area contributed by atoms with E-state index in [4.69, 9.17) is 0 Å². The molecule has 2 heterocycles. The van der Waals surface area contributed by atoms with Gasteiger partial charge in [0, 0.05) is 30.4 Å². The Hall–Kier alpha value is -2.28. The van der Waals surface area contributed by atoms with Gasteiger partial charge in [-0.25, -0.2) is 8.78 Å². The number of carbonyl (C=O) groups excluding carboxylic acids is 1. The van der Waals surface area contributed by atoms with Gasteiger partial charge in [0.1, 0.15) is 11.6 Å². The molecule has 1 aliphatic heterocycles. The quantitative estimate of drug-likeness (QED) is 0.924. The van der Waals surface area contributed by atoms with E-state index in [9.17, 15) is 18.7 Å². The lowest BCUT2D eigenvalue weighted by atomic mass is 10.0. The lowest BCUT2D eigenvalue weighted by molar-refractivity contribution is -0.131. The first-order chi connectivity index (χ1) is 11.8. The van der Waals surface area contributed by atoms with Crippen molar-refractivity contribution in [3.8, 4) is 0 Å². The molecule has 2 atom stereocenters. The van der Waals surface area contributed by atoms with Gasteiger partial charge in [0.2, 0.25) is 5.91 Å². The Balaban J connectivity index is 1.89. The van der Waals surface area contributed by atoms with Crippen LogP contribution in [0.25, 0.3) is 0 Å². The number of aliphatic hydroxyl groups excluding tert-OH is 1. The average Bonchev–Trinajstić information content (AvgIpc) is 3.05. The van der Waals surface area contributed by atoms with E-state index in [0.717, 1.165) is 35.2 Å². The molecule has 0 saturated carbocycles. The van der Waals surface area contributed by atoms with E-state index in [1.54, 1.807) is 11.7 Å². The highest BCUT2D eigenvalue weighted by atomic mass is 19.1. The number of rotatable bonds is 3. The second-order valence-electron chi connectivity index (χ2n) is 6.57. The smallest absolute Gasteiger partial charge is 0.227 e. The number of benzene rings is 1. The molecule has 1 aromatic carbocycles. The van der Waals surface area contributed by atoms with Crippen LogP contribution in [0.5, 0.6) is 0 Å². The molecule has 0 bridgehead atoms. The van der Waals surface area contributed by atoms with Gasteiger partial charge in [0.05, 0.1) is 24.3 Å². The Morgan fingerprint density at radius 1 is 1.36 bits per heavy atom. The van der Waals surface area contributed by atoms with Crippen LogP contribution in [-0.4, -0.2) is 38.3 Å². The van der Waals surface area contributed by atoms with Crippen LogP contribution in [0.3, 0.4) is 0 Å². The lowest BCUT2D eigenvalue weighted by Crippen LogP contribution is -2.33. The average molecular weight is 349 g/mol. The summed E-state index contributed by atoms with van der Waals surface area (Å²) in [4.78, 5) is 14.3. The van der Waals surface area contributed by atoms with E-state index in [1.807, 2.05) is 13.8 Å². The second kappa shape index (κ2) is 6.55. The van der Waals surface area contributed by atoms with Crippen molar-refractivity contribution in [1.29, 1.82) is 0 Å². The van der Waals surface area contributed by atoms with Crippen LogP contribution in [0.1, 0.15) is 35.0 Å². The SMILES string of the molecule is Cc1nn(C)c(C)c1CC(=O)N1C[C@H](O)C[C@H]1c1cc(F)ccc1F. The highest BCUT2D eigenvalue weighted by Crippen LogP contribution is 2.34. The van der Waals surface area contributed by atoms with Crippen LogP contribution in [0.2, 0.25) is 0 Å². The van der Waals surface area contributed by atoms with E-state index in [0.29, 0.717) is 0 Å². The summed E-state index contributed by atoms with van der Waals surface area (Å²) >= 11 is 0. The number of amides is 1. The predicted octanol–water partition coefficient (Wildman–Crippen LogP) is 2.19. The van der Waals surface area contributed by atoms with Gasteiger partial charge >= 0.3 is 0 Å². The van der Waals surface area contributed by atoms with Gasteiger partial charge in [0.25, 0.3) is 0 Å². The molecule has 7 heteroatoms. The van der Waals surface area contributed by atoms with Crippen LogP contribution >= 0.6 is 0 Å². The molecule has 25 heavy (non-hydrogen) atoms. The summed E-state index contributed by atoms with van der Waals surface area (Å²) in [5.74, 6) is -1.37. The minimum atomic E-state index is -0.757. The molecule has 0 radical (unpaired) electrons. The number of halogens is 2. The Bertz CT molecular complexity index is 819. The summed E-state index contributed by atoms with van der Waals surface area (Å²) in [5, 5.41) is 14.3. The minimum Gasteiger partial charge on any atom is -0.391 e. The van der Waals surface area contributed by atoms with Crippen LogP contribution in [0.4, 0.5) is 8.78 Å². The van der Waals surface area contributed by atoms with Crippen molar-refractivity contribution in [3.05, 3.63) is 52.3 Å². The maximum atomic E-state index is 14.1. The molecule has 134 valence electrons. The number of aromatic nitrogens is 2. The van der Waals surface area contributed by atoms with E-state index < -0.39 is 23.8 Å². The van der Waals surface area contributed by atoms with E-state index >= 15 is 0 Å². The van der Waals surface area contributed by atoms with Gasteiger partial charge in [-0.05, 0) is 38.5 Å². The van der Waals surface area contributed by atoms with Crippen LogP contribution < -0.4 is 0 Å². The van der Waals surface area contributed by atoms with Crippen molar-refractivity contribution in [1.82, 2.24) is 14.7 Å². The largest absolute Gasteiger partial charge is 0.391 e. The zero-order valence-electron chi connectivity index (χ0n) is 14.5. The number of likely N-dealkylation sites (tertiary alicyclic amines) is 1. The first kappa shape index (κ1) is 17.5. The molecule has 1 N–H and O–H groups in total. The Labute approximate surface area is 144 Å². The Morgan fingerprint density at radius 3 is 2.72 bits per heavy atom. The summed E-state index contributed by atoms with van der Waals surface area (Å²) in [6.45, 7) is 3.82. The van der Waals surface area contributed by atoms with Crippen LogP contribution in [0.15, 0.2) is 18.2 Å². The van der Waals surface area contributed by atoms with Gasteiger partial charge in [-0.2, -0.15) is 5.10 Å². The summed E-state index contributed by atoms with van der Waals surface area (Å²) in [5.41, 5.74) is 2.58. The van der Waals surface area contributed by atoms with Gasteiger partial charge in [0.15, 0.2) is 0 Å². The number of carbonyl (C=O) groups is 1. The summed E-state index contributed by atoms with van der Waals surface area (Å²) < 4.78 is 29.4. The molecule has 1 fully saturated rings. The minimum absolute atomic E-state index is 0.101. The van der Waals surface area contributed by atoms with Gasteiger partial charge in [-0.15, -0.1) is 0 Å². The number of β-amino-alcohol motifs (C(OH)–C–C–N with tert-alkyl or cyclic N) is 1. The third kappa shape index (κ3) is 3.28. The fourth-order valence-corrected chi connectivity index (χ4v) is 3.48. The first-order valence-electron chi connectivity index (χ1n) is 8.19. The second-order valence-corrected chi connectivity index (χ2v) is 6.57. The molecule has 1 aromatic heterocycles. The normalized spacial score (nSPS) is 20.3. The first-order valence-corrected chi connectivity index (χ1v) is 8.19. The molecule has 0 spiro atoms. The van der Waals surface area contributed by atoms with Crippen molar-refractivity contribution in [2.24, 2.45) is 7.05 Å². The van der Waals surface area contributed by atoms with Crippen molar-refractivity contribution in [3.63, 3.8) is 0 Å². The highest BCUT2D eigenvalue weighted by molar-refractivity contribution is 5.80. The number of hydrogen-bond acceptors (Lipinski definition) is 3. The molecular formula is C18H21F2N3O2. The van der Waals surface area contributed by atoms with E-state index in [1.165, 1.54) is 4.90 Å². The Kier molecular flexibility index (Phi) is 4.60. The van der Waals surface area contributed by atoms with Crippen molar-refractivity contribution < 1.29 is 18.7 Å². The van der Waals surface area contributed by atoms with Crippen LogP contribution in [0, 0.1) is 25.5 Å². The third-order valence-electron chi connectivity index (χ3n) is 4.90. The molecule has 1 saturated heterocycles. The molecule has 1 amide bonds. The maximum absolute atomic E-state index is 14.1. The molecule has 0 aliphatic carbocycles. The molecular weight excluding hydrogens is 328 g/mol. The van der Waals surface area contributed by atoms with Crippen molar-refractivity contribution >= 4 is 5.91 Å². The van der Waals surface area contributed by atoms with Crippen molar-refractivity contribution in [2.45, 2.75) is 38.8 Å².